The van der Waals surface area contributed by atoms with E-state index < -0.39 is 11.6 Å². The lowest BCUT2D eigenvalue weighted by Crippen LogP contribution is -2.54. The molecule has 24 heavy (non-hydrogen) atoms. The van der Waals surface area contributed by atoms with Gasteiger partial charge in [-0.3, -0.25) is 4.79 Å². The Balaban J connectivity index is 1.81. The molecular formula is C19H17F2NO2. The Morgan fingerprint density at radius 1 is 1.00 bits per heavy atom. The number of benzene rings is 2. The number of Topliss-reactive ketones (excluding diaryl/α,β-unsaturated/α-hetero) is 1. The quantitative estimate of drug-likeness (QED) is 0.906. The number of carbonyl (C=O) groups excluding carboxylic acids is 1. The molecule has 3 aliphatic rings. The minimum atomic E-state index is -0.885. The Hall–Kier alpha value is -2.43. The summed E-state index contributed by atoms with van der Waals surface area (Å²) >= 11 is 0. The number of halogens is 2. The van der Waals surface area contributed by atoms with E-state index in [2.05, 4.69) is 0 Å². The van der Waals surface area contributed by atoms with Gasteiger partial charge in [0.15, 0.2) is 11.6 Å². The molecule has 3 nitrogen and oxygen atoms in total. The third kappa shape index (κ3) is 2.35. The molecule has 0 aromatic heterocycles. The Morgan fingerprint density at radius 2 is 1.75 bits per heavy atom. The lowest BCUT2D eigenvalue weighted by molar-refractivity contribution is -0.128. The second kappa shape index (κ2) is 5.58. The molecule has 0 amide bonds. The second-order valence-electron chi connectivity index (χ2n) is 6.55. The summed E-state index contributed by atoms with van der Waals surface area (Å²) in [6.45, 7) is 0. The summed E-state index contributed by atoms with van der Waals surface area (Å²) < 4.78 is 27.0. The highest BCUT2D eigenvalue weighted by Crippen LogP contribution is 2.48. The summed E-state index contributed by atoms with van der Waals surface area (Å²) in [6.07, 6.45) is 2.11. The van der Waals surface area contributed by atoms with Crippen LogP contribution in [-0.2, 0) is 4.79 Å². The first-order chi connectivity index (χ1) is 11.5. The Morgan fingerprint density at radius 3 is 2.42 bits per heavy atom. The van der Waals surface area contributed by atoms with Crippen molar-refractivity contribution >= 4 is 11.5 Å². The highest BCUT2D eigenvalue weighted by atomic mass is 19.2. The molecule has 3 unspecified atom stereocenters. The number of phenolic OH excluding ortho intramolecular Hbond substituents is 1. The monoisotopic (exact) mass is 329 g/mol. The van der Waals surface area contributed by atoms with Gasteiger partial charge in [-0.05, 0) is 42.7 Å². The van der Waals surface area contributed by atoms with E-state index in [4.69, 9.17) is 0 Å². The van der Waals surface area contributed by atoms with Crippen molar-refractivity contribution in [3.8, 4) is 5.75 Å². The normalized spacial score (nSPS) is 26.0. The number of ketones is 1. The first-order valence-electron chi connectivity index (χ1n) is 8.09. The molecule has 2 aromatic rings. The maximum Gasteiger partial charge on any atom is 0.160 e. The molecule has 1 saturated carbocycles. The zero-order valence-corrected chi connectivity index (χ0v) is 13.0. The van der Waals surface area contributed by atoms with E-state index >= 15 is 0 Å². The summed E-state index contributed by atoms with van der Waals surface area (Å²) in [6, 6.07) is 10.4. The van der Waals surface area contributed by atoms with Crippen LogP contribution in [0.2, 0.25) is 0 Å². The molecule has 5 rings (SSSR count). The molecule has 124 valence electrons. The summed E-state index contributed by atoms with van der Waals surface area (Å²) in [4.78, 5) is 14.4. The standard InChI is InChI=1S/C19H17F2NO2/c20-16-8-4-12(9-17(16)21)22-13-3-7-15(18(24)10-13)19(22)11-1-5-14(23)6-2-11/h1-2,4-6,8-9,13,15,19,23H,3,7,10H2. The smallest absolute Gasteiger partial charge is 0.160 e. The predicted octanol–water partition coefficient (Wildman–Crippen LogP) is 3.97. The van der Waals surface area contributed by atoms with Crippen LogP contribution in [0, 0.1) is 17.6 Å². The van der Waals surface area contributed by atoms with Crippen molar-refractivity contribution in [3.63, 3.8) is 0 Å². The minimum absolute atomic E-state index is 0.00818. The van der Waals surface area contributed by atoms with Crippen molar-refractivity contribution in [2.24, 2.45) is 5.92 Å². The maximum absolute atomic E-state index is 13.7. The van der Waals surface area contributed by atoms with E-state index in [-0.39, 0.29) is 29.5 Å². The molecule has 1 aliphatic carbocycles. The van der Waals surface area contributed by atoms with Crippen LogP contribution >= 0.6 is 0 Å². The van der Waals surface area contributed by atoms with Gasteiger partial charge < -0.3 is 10.0 Å². The van der Waals surface area contributed by atoms with Gasteiger partial charge in [-0.2, -0.15) is 0 Å². The number of fused-ring (bicyclic) bond motifs is 3. The molecule has 2 aliphatic heterocycles. The number of phenols is 1. The van der Waals surface area contributed by atoms with Crippen LogP contribution in [0.15, 0.2) is 42.5 Å². The van der Waals surface area contributed by atoms with Crippen molar-refractivity contribution in [1.29, 1.82) is 0 Å². The van der Waals surface area contributed by atoms with Crippen LogP contribution in [0.4, 0.5) is 14.5 Å². The van der Waals surface area contributed by atoms with E-state index in [9.17, 15) is 18.7 Å². The average Bonchev–Trinajstić information content (AvgIpc) is 2.58. The molecule has 2 saturated heterocycles. The van der Waals surface area contributed by atoms with E-state index in [1.54, 1.807) is 30.3 Å². The fraction of sp³-hybridized carbons (Fsp3) is 0.316. The largest absolute Gasteiger partial charge is 0.508 e. The zero-order chi connectivity index (χ0) is 16.8. The van der Waals surface area contributed by atoms with Crippen molar-refractivity contribution in [2.45, 2.75) is 31.3 Å². The molecule has 2 heterocycles. The first kappa shape index (κ1) is 15.1. The Labute approximate surface area is 138 Å². The molecule has 5 heteroatoms. The molecule has 2 aromatic carbocycles. The van der Waals surface area contributed by atoms with Crippen LogP contribution in [0.3, 0.4) is 0 Å². The molecule has 1 N–H and O–H groups in total. The van der Waals surface area contributed by atoms with Crippen molar-refractivity contribution in [3.05, 3.63) is 59.7 Å². The number of aromatic hydroxyl groups is 1. The van der Waals surface area contributed by atoms with Gasteiger partial charge in [0, 0.05) is 30.1 Å². The van der Waals surface area contributed by atoms with E-state index in [0.29, 0.717) is 12.1 Å². The average molecular weight is 329 g/mol. The molecule has 0 radical (unpaired) electrons. The minimum Gasteiger partial charge on any atom is -0.508 e. The highest BCUT2D eigenvalue weighted by molar-refractivity contribution is 5.86. The van der Waals surface area contributed by atoms with Crippen molar-refractivity contribution in [1.82, 2.24) is 0 Å². The topological polar surface area (TPSA) is 40.5 Å². The van der Waals surface area contributed by atoms with Crippen molar-refractivity contribution < 1.29 is 18.7 Å². The van der Waals surface area contributed by atoms with Gasteiger partial charge in [-0.25, -0.2) is 8.78 Å². The third-order valence-electron chi connectivity index (χ3n) is 5.17. The van der Waals surface area contributed by atoms with Gasteiger partial charge in [0.05, 0.1) is 6.04 Å². The first-order valence-corrected chi connectivity index (χ1v) is 8.09. The SMILES string of the molecule is O=C1CC2CCC1C(c1ccc(O)cc1)N2c1ccc(F)c(F)c1. The lowest BCUT2D eigenvalue weighted by Gasteiger charge is -2.52. The van der Waals surface area contributed by atoms with E-state index in [1.165, 1.54) is 6.07 Å². The number of hydrogen-bond acceptors (Lipinski definition) is 3. The van der Waals surface area contributed by atoms with E-state index in [1.807, 2.05) is 4.90 Å². The molecule has 3 atom stereocenters. The van der Waals surface area contributed by atoms with Gasteiger partial charge in [-0.1, -0.05) is 12.1 Å². The number of hydrogen-bond donors (Lipinski definition) is 1. The van der Waals surface area contributed by atoms with Gasteiger partial charge in [0.2, 0.25) is 0 Å². The number of piperidine rings is 2. The van der Waals surface area contributed by atoms with Crippen LogP contribution in [0.5, 0.6) is 5.75 Å². The molecular weight excluding hydrogens is 312 g/mol. The summed E-state index contributed by atoms with van der Waals surface area (Å²) in [5.41, 5.74) is 1.49. The fourth-order valence-corrected chi connectivity index (χ4v) is 4.09. The Kier molecular flexibility index (Phi) is 3.52. The van der Waals surface area contributed by atoms with Gasteiger partial charge in [0.1, 0.15) is 11.5 Å². The summed E-state index contributed by atoms with van der Waals surface area (Å²) in [5, 5.41) is 9.52. The van der Waals surface area contributed by atoms with Crippen LogP contribution in [-0.4, -0.2) is 16.9 Å². The third-order valence-corrected chi connectivity index (χ3v) is 5.17. The number of carbonyl (C=O) groups is 1. The van der Waals surface area contributed by atoms with Gasteiger partial charge in [0.25, 0.3) is 0 Å². The lowest BCUT2D eigenvalue weighted by atomic mass is 9.71. The molecule has 2 bridgehead atoms. The fourth-order valence-electron chi connectivity index (χ4n) is 4.09. The maximum atomic E-state index is 13.7. The highest BCUT2D eigenvalue weighted by Gasteiger charge is 2.47. The number of anilines is 1. The number of rotatable bonds is 2. The van der Waals surface area contributed by atoms with Crippen LogP contribution in [0.25, 0.3) is 0 Å². The van der Waals surface area contributed by atoms with Crippen molar-refractivity contribution in [2.75, 3.05) is 4.90 Å². The predicted molar refractivity (Wildman–Crippen MR) is 85.8 cm³/mol. The van der Waals surface area contributed by atoms with Gasteiger partial charge in [-0.15, -0.1) is 0 Å². The molecule has 0 spiro atoms. The Bertz CT molecular complexity index is 790. The van der Waals surface area contributed by atoms with Crippen LogP contribution < -0.4 is 4.90 Å². The second-order valence-corrected chi connectivity index (χ2v) is 6.55. The summed E-state index contributed by atoms with van der Waals surface area (Å²) in [5.74, 6) is -1.54. The zero-order valence-electron chi connectivity index (χ0n) is 13.0. The molecule has 3 fully saturated rings. The van der Waals surface area contributed by atoms with Crippen LogP contribution in [0.1, 0.15) is 30.9 Å². The summed E-state index contributed by atoms with van der Waals surface area (Å²) in [7, 11) is 0. The van der Waals surface area contributed by atoms with E-state index in [0.717, 1.165) is 24.5 Å². The number of nitrogens with zero attached hydrogens (tertiary/aromatic N) is 1. The van der Waals surface area contributed by atoms with Gasteiger partial charge >= 0.3 is 0 Å².